The normalized spacial score (nSPS) is 16.2. The van der Waals surface area contributed by atoms with Crippen LogP contribution in [-0.2, 0) is 0 Å². The number of likely N-dealkylation sites (tertiary alicyclic amines) is 1. The van der Waals surface area contributed by atoms with E-state index < -0.39 is 6.03 Å². The maximum Gasteiger partial charge on any atom is 0.331 e. The number of benzene rings is 1. The smallest absolute Gasteiger partial charge is 0.331 e. The summed E-state index contributed by atoms with van der Waals surface area (Å²) in [6.45, 7) is 11.0. The van der Waals surface area contributed by atoms with Gasteiger partial charge in [0.1, 0.15) is 15.5 Å². The van der Waals surface area contributed by atoms with Crippen LogP contribution < -0.4 is 20.3 Å². The van der Waals surface area contributed by atoms with Gasteiger partial charge in [0.05, 0.1) is 34.3 Å². The summed E-state index contributed by atoms with van der Waals surface area (Å²) in [4.78, 5) is 44.7. The second kappa shape index (κ2) is 9.84. The number of rotatable bonds is 7. The maximum absolute atomic E-state index is 13.4. The minimum absolute atomic E-state index is 0.0359. The van der Waals surface area contributed by atoms with E-state index in [0.29, 0.717) is 50.1 Å². The molecular weight excluding hydrogens is 514 g/mol. The molecule has 0 aliphatic carbocycles. The highest BCUT2D eigenvalue weighted by Crippen LogP contribution is 2.46. The number of hydrogen-bond acceptors (Lipinski definition) is 8. The van der Waals surface area contributed by atoms with Crippen molar-refractivity contribution in [3.05, 3.63) is 84.3 Å². The molecule has 1 atom stereocenters. The fourth-order valence-electron chi connectivity index (χ4n) is 4.80. The Morgan fingerprint density at radius 2 is 2.05 bits per heavy atom. The number of anilines is 3. The zero-order chi connectivity index (χ0) is 27.1. The molecule has 2 N–H and O–H groups in total. The van der Waals surface area contributed by atoms with Gasteiger partial charge in [-0.05, 0) is 37.6 Å². The van der Waals surface area contributed by atoms with Gasteiger partial charge in [0, 0.05) is 31.0 Å². The molecule has 3 aromatic heterocycles. The molecule has 11 heteroatoms. The fraction of sp³-hybridized carbons (Fsp3) is 0.179. The van der Waals surface area contributed by atoms with Crippen molar-refractivity contribution in [2.45, 2.75) is 19.4 Å². The average molecular weight is 540 g/mol. The van der Waals surface area contributed by atoms with Gasteiger partial charge in [-0.15, -0.1) is 11.3 Å². The summed E-state index contributed by atoms with van der Waals surface area (Å²) >= 11 is 1.25. The van der Waals surface area contributed by atoms with Gasteiger partial charge in [-0.2, -0.15) is 4.98 Å². The van der Waals surface area contributed by atoms with Crippen LogP contribution in [-0.4, -0.2) is 50.9 Å². The molecule has 6 rings (SSSR count). The van der Waals surface area contributed by atoms with E-state index in [1.165, 1.54) is 16.2 Å². The van der Waals surface area contributed by atoms with E-state index >= 15 is 0 Å². The highest BCUT2D eigenvalue weighted by molar-refractivity contribution is 7.21. The van der Waals surface area contributed by atoms with Crippen LogP contribution in [0.1, 0.15) is 21.8 Å². The van der Waals surface area contributed by atoms with Crippen LogP contribution in [0.15, 0.2) is 73.7 Å². The van der Waals surface area contributed by atoms with E-state index in [4.69, 9.17) is 4.74 Å². The van der Waals surface area contributed by atoms with Gasteiger partial charge in [-0.1, -0.05) is 31.4 Å². The lowest BCUT2D eigenvalue weighted by Crippen LogP contribution is -2.38. The number of nitrogens with one attached hydrogen (secondary N) is 2. The van der Waals surface area contributed by atoms with Gasteiger partial charge in [-0.3, -0.25) is 9.69 Å². The van der Waals surface area contributed by atoms with Crippen molar-refractivity contribution in [2.24, 2.45) is 0 Å². The van der Waals surface area contributed by atoms with E-state index in [0.717, 1.165) is 18.7 Å². The molecule has 39 heavy (non-hydrogen) atoms. The fourth-order valence-corrected chi connectivity index (χ4v) is 5.83. The first kappa shape index (κ1) is 24.6. The lowest BCUT2D eigenvalue weighted by Gasteiger charge is -2.28. The standard InChI is InChI=1S/C28H25N7O3S/c1-4-16(2)34-13-11-18(15-34)32-25(36)24-23-22-20(10-12-29-26(22)39-24)35(28(37)33-23)21-14-30-27(31-17(21)3)38-19-8-6-5-7-9-19/h4-10,12,14,18H,1-2,11,13,15H2,3H3,(H,32,36)(H,33,37)/t18-/m1/s1. The Kier molecular flexibility index (Phi) is 6.20. The number of aryl methyl sites for hydroxylation is 1. The van der Waals surface area contributed by atoms with Gasteiger partial charge in [-0.25, -0.2) is 14.8 Å². The van der Waals surface area contributed by atoms with Crippen LogP contribution in [0, 0.1) is 6.92 Å². The van der Waals surface area contributed by atoms with E-state index in [-0.39, 0.29) is 18.0 Å². The van der Waals surface area contributed by atoms with Gasteiger partial charge in [0.15, 0.2) is 0 Å². The molecule has 0 radical (unpaired) electrons. The molecule has 0 saturated carbocycles. The molecule has 1 fully saturated rings. The minimum Gasteiger partial charge on any atom is -0.424 e. The van der Waals surface area contributed by atoms with Crippen LogP contribution in [0.2, 0.25) is 0 Å². The van der Waals surface area contributed by atoms with Crippen molar-refractivity contribution in [2.75, 3.05) is 23.3 Å². The molecule has 2 aliphatic heterocycles. The largest absolute Gasteiger partial charge is 0.424 e. The Hall–Kier alpha value is -4.77. The van der Waals surface area contributed by atoms with Gasteiger partial charge in [0.25, 0.3) is 5.91 Å². The van der Waals surface area contributed by atoms with Crippen molar-refractivity contribution in [1.82, 2.24) is 25.2 Å². The van der Waals surface area contributed by atoms with Crippen molar-refractivity contribution >= 4 is 50.6 Å². The summed E-state index contributed by atoms with van der Waals surface area (Å²) in [5.74, 6) is 0.367. The molecular formula is C28H25N7O3S. The Labute approximate surface area is 228 Å². The molecule has 196 valence electrons. The van der Waals surface area contributed by atoms with Gasteiger partial charge >= 0.3 is 12.0 Å². The number of amides is 3. The third kappa shape index (κ3) is 4.46. The lowest BCUT2D eigenvalue weighted by molar-refractivity contribution is 0.0943. The summed E-state index contributed by atoms with van der Waals surface area (Å²) in [7, 11) is 0. The first-order chi connectivity index (χ1) is 18.9. The van der Waals surface area contributed by atoms with E-state index in [9.17, 15) is 9.59 Å². The SMILES string of the molecule is C=CC(=C)N1CC[C@@H](NC(=O)c2sc3nccc4c3c2NC(=O)N4c2cnc(Oc3ccccc3)nc2C)C1. The molecule has 3 amide bonds. The first-order valence-electron chi connectivity index (χ1n) is 12.4. The second-order valence-electron chi connectivity index (χ2n) is 9.22. The monoisotopic (exact) mass is 539 g/mol. The number of thiophene rings is 1. The van der Waals surface area contributed by atoms with Crippen molar-refractivity contribution in [3.8, 4) is 11.8 Å². The molecule has 0 bridgehead atoms. The number of nitrogens with zero attached hydrogens (tertiary/aromatic N) is 5. The zero-order valence-electron chi connectivity index (χ0n) is 21.2. The van der Waals surface area contributed by atoms with Gasteiger partial charge in [0.2, 0.25) is 0 Å². The predicted molar refractivity (Wildman–Crippen MR) is 151 cm³/mol. The molecule has 5 heterocycles. The third-order valence-electron chi connectivity index (χ3n) is 6.74. The van der Waals surface area contributed by atoms with Crippen LogP contribution in [0.4, 0.5) is 21.9 Å². The molecule has 1 aromatic carbocycles. The van der Waals surface area contributed by atoms with Crippen LogP contribution in [0.3, 0.4) is 0 Å². The van der Waals surface area contributed by atoms with Crippen molar-refractivity contribution < 1.29 is 14.3 Å². The number of ether oxygens (including phenoxy) is 1. The Morgan fingerprint density at radius 3 is 2.82 bits per heavy atom. The second-order valence-corrected chi connectivity index (χ2v) is 10.2. The molecule has 4 aromatic rings. The predicted octanol–water partition coefficient (Wildman–Crippen LogP) is 5.37. The van der Waals surface area contributed by atoms with E-state index in [1.54, 1.807) is 31.5 Å². The highest BCUT2D eigenvalue weighted by atomic mass is 32.1. The number of urea groups is 1. The number of para-hydroxylation sites is 1. The van der Waals surface area contributed by atoms with Gasteiger partial charge < -0.3 is 20.3 Å². The lowest BCUT2D eigenvalue weighted by atomic mass is 10.1. The Balaban J connectivity index is 1.29. The Bertz CT molecular complexity index is 1640. The first-order valence-corrected chi connectivity index (χ1v) is 13.2. The number of allylic oxidation sites excluding steroid dienone is 1. The van der Waals surface area contributed by atoms with Crippen LogP contribution in [0.5, 0.6) is 11.8 Å². The number of carbonyl (C=O) groups excluding carboxylic acids is 2. The molecule has 0 unspecified atom stereocenters. The third-order valence-corrected chi connectivity index (χ3v) is 7.84. The topological polar surface area (TPSA) is 113 Å². The summed E-state index contributed by atoms with van der Waals surface area (Å²) in [6.07, 6.45) is 5.70. The summed E-state index contributed by atoms with van der Waals surface area (Å²) < 4.78 is 5.75. The van der Waals surface area contributed by atoms with E-state index in [1.807, 2.05) is 30.3 Å². The van der Waals surface area contributed by atoms with Crippen molar-refractivity contribution in [1.29, 1.82) is 0 Å². The number of pyridine rings is 1. The van der Waals surface area contributed by atoms with Crippen LogP contribution >= 0.6 is 11.3 Å². The number of carbonyl (C=O) groups is 2. The molecule has 1 saturated heterocycles. The molecule has 2 aliphatic rings. The van der Waals surface area contributed by atoms with Crippen molar-refractivity contribution in [3.63, 3.8) is 0 Å². The quantitative estimate of drug-likeness (QED) is 0.304. The van der Waals surface area contributed by atoms with Crippen LogP contribution in [0.25, 0.3) is 10.2 Å². The van der Waals surface area contributed by atoms with E-state index in [2.05, 4.69) is 43.6 Å². The maximum atomic E-state index is 13.4. The zero-order valence-corrected chi connectivity index (χ0v) is 22.0. The summed E-state index contributed by atoms with van der Waals surface area (Å²) in [5.41, 5.74) is 2.96. The molecule has 10 nitrogen and oxygen atoms in total. The number of hydrogen-bond donors (Lipinski definition) is 2. The Morgan fingerprint density at radius 1 is 1.23 bits per heavy atom. The average Bonchev–Trinajstić information content (AvgIpc) is 3.55. The summed E-state index contributed by atoms with van der Waals surface area (Å²) in [6, 6.07) is 10.7. The minimum atomic E-state index is -0.416. The molecule has 0 spiro atoms. The number of aromatic nitrogens is 3. The highest BCUT2D eigenvalue weighted by Gasteiger charge is 2.34. The summed E-state index contributed by atoms with van der Waals surface area (Å²) in [5, 5.41) is 6.72.